The molecule has 0 aromatic heterocycles. The van der Waals surface area contributed by atoms with Crippen molar-refractivity contribution in [2.24, 2.45) is 0 Å². The Labute approximate surface area is 174 Å². The minimum Gasteiger partial charge on any atom is -0.464 e. The van der Waals surface area contributed by atoms with Crippen LogP contribution in [-0.2, 0) is 23.9 Å². The number of anilines is 1. The fourth-order valence-corrected chi connectivity index (χ4v) is 3.71. The van der Waals surface area contributed by atoms with Gasteiger partial charge in [-0.2, -0.15) is 0 Å². The van der Waals surface area contributed by atoms with Crippen LogP contribution in [0.4, 0.5) is 5.69 Å². The summed E-state index contributed by atoms with van der Waals surface area (Å²) in [7, 11) is 0. The molecule has 158 valence electrons. The summed E-state index contributed by atoms with van der Waals surface area (Å²) in [6.07, 6.45) is 1.74. The summed E-state index contributed by atoms with van der Waals surface area (Å²) < 4.78 is 10.0. The fraction of sp³-hybridized carbons (Fsp3) is 0.500. The van der Waals surface area contributed by atoms with E-state index in [0.29, 0.717) is 23.6 Å². The fourth-order valence-electron chi connectivity index (χ4n) is 2.58. The van der Waals surface area contributed by atoms with Crippen LogP contribution in [0.2, 0.25) is 0 Å². The number of carbonyl (C=O) groups is 4. The third-order valence-corrected chi connectivity index (χ3v) is 5.46. The van der Waals surface area contributed by atoms with Gasteiger partial charge in [0, 0.05) is 17.9 Å². The van der Waals surface area contributed by atoms with Gasteiger partial charge >= 0.3 is 11.9 Å². The molecule has 0 bridgehead atoms. The Kier molecular flexibility index (Phi) is 8.98. The number of rotatable bonds is 9. The van der Waals surface area contributed by atoms with Crippen molar-refractivity contribution >= 4 is 41.2 Å². The van der Waals surface area contributed by atoms with Crippen LogP contribution >= 0.6 is 11.8 Å². The van der Waals surface area contributed by atoms with Gasteiger partial charge in [-0.3, -0.25) is 9.59 Å². The summed E-state index contributed by atoms with van der Waals surface area (Å²) in [5.74, 6) is -1.20. The molecule has 1 aliphatic rings. The first-order chi connectivity index (χ1) is 13.9. The molecule has 1 aliphatic heterocycles. The summed E-state index contributed by atoms with van der Waals surface area (Å²) >= 11 is 1.25. The lowest BCUT2D eigenvalue weighted by atomic mass is 10.2. The Morgan fingerprint density at radius 1 is 1.17 bits per heavy atom. The van der Waals surface area contributed by atoms with E-state index in [2.05, 4.69) is 10.6 Å². The molecule has 1 aromatic carbocycles. The van der Waals surface area contributed by atoms with E-state index < -0.39 is 23.2 Å². The Balaban J connectivity index is 1.81. The van der Waals surface area contributed by atoms with Gasteiger partial charge in [-0.15, -0.1) is 11.8 Å². The van der Waals surface area contributed by atoms with E-state index in [1.165, 1.54) is 11.8 Å². The highest BCUT2D eigenvalue weighted by Crippen LogP contribution is 2.22. The summed E-state index contributed by atoms with van der Waals surface area (Å²) in [4.78, 5) is 48.0. The normalized spacial score (nSPS) is 18.5. The molecule has 0 unspecified atom stereocenters. The van der Waals surface area contributed by atoms with E-state index in [4.69, 9.17) is 9.47 Å². The van der Waals surface area contributed by atoms with Gasteiger partial charge in [0.25, 0.3) is 0 Å². The highest BCUT2D eigenvalue weighted by molar-refractivity contribution is 8.00. The molecule has 1 heterocycles. The maximum absolute atomic E-state index is 12.2. The van der Waals surface area contributed by atoms with Crippen molar-refractivity contribution in [1.82, 2.24) is 5.32 Å². The van der Waals surface area contributed by atoms with Gasteiger partial charge in [0.15, 0.2) is 0 Å². The quantitative estimate of drug-likeness (QED) is 0.463. The zero-order valence-corrected chi connectivity index (χ0v) is 17.4. The van der Waals surface area contributed by atoms with E-state index in [0.717, 1.165) is 12.8 Å². The molecule has 2 amide bonds. The van der Waals surface area contributed by atoms with Gasteiger partial charge < -0.3 is 20.1 Å². The Bertz CT molecular complexity index is 737. The van der Waals surface area contributed by atoms with Crippen molar-refractivity contribution in [2.45, 2.75) is 44.4 Å². The third kappa shape index (κ3) is 7.08. The molecule has 0 radical (unpaired) electrons. The second-order valence-corrected chi connectivity index (χ2v) is 7.69. The van der Waals surface area contributed by atoms with Gasteiger partial charge in [-0.1, -0.05) is 13.3 Å². The zero-order chi connectivity index (χ0) is 21.2. The van der Waals surface area contributed by atoms with Gasteiger partial charge in [-0.25, -0.2) is 9.59 Å². The predicted molar refractivity (Wildman–Crippen MR) is 110 cm³/mol. The minimum absolute atomic E-state index is 0.0210. The number of hydrogen-bond acceptors (Lipinski definition) is 7. The van der Waals surface area contributed by atoms with Crippen molar-refractivity contribution < 1.29 is 28.7 Å². The van der Waals surface area contributed by atoms with Gasteiger partial charge in [0.2, 0.25) is 11.8 Å². The third-order valence-electron chi connectivity index (χ3n) is 4.15. The molecule has 0 aliphatic carbocycles. The maximum atomic E-state index is 12.2. The lowest BCUT2D eigenvalue weighted by Gasteiger charge is -2.27. The molecule has 0 saturated carbocycles. The van der Waals surface area contributed by atoms with Gasteiger partial charge in [0.1, 0.15) is 6.04 Å². The van der Waals surface area contributed by atoms with E-state index in [1.807, 2.05) is 6.92 Å². The second kappa shape index (κ2) is 11.5. The number of nitrogens with one attached hydrogen (secondary N) is 2. The molecule has 8 nitrogen and oxygen atoms in total. The van der Waals surface area contributed by atoms with Crippen molar-refractivity contribution in [3.05, 3.63) is 29.8 Å². The molecule has 2 N–H and O–H groups in total. The van der Waals surface area contributed by atoms with Crippen LogP contribution in [0.1, 0.15) is 43.5 Å². The standard InChI is InChI=1S/C20H26N2O6S/c1-3-5-10-28-19(25)13-6-8-14(9-7-13)21-17(23)11-16-18(24)22-15(12-29-16)20(26)27-4-2/h6-9,15-16H,3-5,10-12H2,1-2H3,(H,21,23)(H,22,24)/t15-,16-/m1/s1. The predicted octanol–water partition coefficient (Wildman–Crippen LogP) is 2.14. The van der Waals surface area contributed by atoms with Crippen molar-refractivity contribution in [3.63, 3.8) is 0 Å². The monoisotopic (exact) mass is 422 g/mol. The van der Waals surface area contributed by atoms with Crippen LogP contribution in [0.15, 0.2) is 24.3 Å². The summed E-state index contributed by atoms with van der Waals surface area (Å²) in [5, 5.41) is 4.73. The molecular formula is C20H26N2O6S. The molecule has 0 spiro atoms. The van der Waals surface area contributed by atoms with E-state index in [-0.39, 0.29) is 24.8 Å². The van der Waals surface area contributed by atoms with Crippen molar-refractivity contribution in [3.8, 4) is 0 Å². The molecule has 1 aromatic rings. The number of ether oxygens (including phenoxy) is 2. The molecular weight excluding hydrogens is 396 g/mol. The molecule has 2 rings (SSSR count). The molecule has 2 atom stereocenters. The number of unbranched alkanes of at least 4 members (excludes halogenated alkanes) is 1. The van der Waals surface area contributed by atoms with Crippen molar-refractivity contribution in [2.75, 3.05) is 24.3 Å². The summed E-state index contributed by atoms with van der Waals surface area (Å²) in [6.45, 7) is 4.34. The van der Waals surface area contributed by atoms with Crippen LogP contribution < -0.4 is 10.6 Å². The number of benzene rings is 1. The average Bonchev–Trinajstić information content (AvgIpc) is 2.70. The number of carbonyl (C=O) groups excluding carboxylic acids is 4. The first kappa shape index (κ1) is 22.7. The van der Waals surface area contributed by atoms with E-state index in [1.54, 1.807) is 31.2 Å². The number of thioether (sulfide) groups is 1. The number of amides is 2. The van der Waals surface area contributed by atoms with Crippen LogP contribution in [0.5, 0.6) is 0 Å². The Hall–Kier alpha value is -2.55. The first-order valence-electron chi connectivity index (χ1n) is 9.60. The zero-order valence-electron chi connectivity index (χ0n) is 16.6. The van der Waals surface area contributed by atoms with E-state index >= 15 is 0 Å². The molecule has 9 heteroatoms. The maximum Gasteiger partial charge on any atom is 0.338 e. The second-order valence-electron chi connectivity index (χ2n) is 6.45. The Morgan fingerprint density at radius 2 is 1.90 bits per heavy atom. The largest absolute Gasteiger partial charge is 0.464 e. The van der Waals surface area contributed by atoms with Crippen LogP contribution in [0.3, 0.4) is 0 Å². The topological polar surface area (TPSA) is 111 Å². The highest BCUT2D eigenvalue weighted by atomic mass is 32.2. The molecule has 29 heavy (non-hydrogen) atoms. The summed E-state index contributed by atoms with van der Waals surface area (Å²) in [5.41, 5.74) is 0.928. The number of esters is 2. The van der Waals surface area contributed by atoms with Crippen LogP contribution in [0, 0.1) is 0 Å². The van der Waals surface area contributed by atoms with Gasteiger partial charge in [-0.05, 0) is 37.6 Å². The molecule has 1 fully saturated rings. The van der Waals surface area contributed by atoms with E-state index in [9.17, 15) is 19.2 Å². The first-order valence-corrected chi connectivity index (χ1v) is 10.6. The Morgan fingerprint density at radius 3 is 2.52 bits per heavy atom. The summed E-state index contributed by atoms with van der Waals surface area (Å²) in [6, 6.07) is 5.70. The number of hydrogen-bond donors (Lipinski definition) is 2. The van der Waals surface area contributed by atoms with Crippen LogP contribution in [0.25, 0.3) is 0 Å². The van der Waals surface area contributed by atoms with Crippen molar-refractivity contribution in [1.29, 1.82) is 0 Å². The lowest BCUT2D eigenvalue weighted by Crippen LogP contribution is -2.51. The molecule has 1 saturated heterocycles. The highest BCUT2D eigenvalue weighted by Gasteiger charge is 2.34. The van der Waals surface area contributed by atoms with Gasteiger partial charge in [0.05, 0.1) is 24.0 Å². The minimum atomic E-state index is -0.684. The van der Waals surface area contributed by atoms with Crippen LogP contribution in [-0.4, -0.2) is 54.0 Å². The lowest BCUT2D eigenvalue weighted by molar-refractivity contribution is -0.146. The average molecular weight is 423 g/mol. The SMILES string of the molecule is CCCCOC(=O)c1ccc(NC(=O)C[C@H]2SC[C@H](C(=O)OCC)NC2=O)cc1. The smallest absolute Gasteiger partial charge is 0.338 e.